The van der Waals surface area contributed by atoms with Gasteiger partial charge in [0.2, 0.25) is 5.78 Å². The van der Waals surface area contributed by atoms with E-state index in [4.69, 9.17) is 14.2 Å². The Morgan fingerprint density at radius 3 is 2.47 bits per heavy atom. The fourth-order valence-corrected chi connectivity index (χ4v) is 2.89. The minimum Gasteiger partial charge on any atom is -0.493 e. The first-order valence-electron chi connectivity index (χ1n) is 9.26. The zero-order valence-corrected chi connectivity index (χ0v) is 17.3. The molecule has 0 aliphatic heterocycles. The standard InChI is InChI=1S/C21H24N2O7/c1-5-29-16-9-7-6-8-14(16)20(26)22-10-17(25)30-11-15(24)19-12(2)18(13(3)23-19)21(27)28-4/h6-9,23H,5,10-11H2,1-4H3,(H,22,26). The molecule has 1 aromatic heterocycles. The van der Waals surface area contributed by atoms with Crippen molar-refractivity contribution in [1.82, 2.24) is 10.3 Å². The fraction of sp³-hybridized carbons (Fsp3) is 0.333. The second-order valence-electron chi connectivity index (χ2n) is 6.31. The molecule has 0 atom stereocenters. The van der Waals surface area contributed by atoms with Crippen molar-refractivity contribution in [1.29, 1.82) is 0 Å². The third-order valence-electron chi connectivity index (χ3n) is 4.29. The van der Waals surface area contributed by atoms with Crippen LogP contribution >= 0.6 is 0 Å². The Morgan fingerprint density at radius 1 is 1.10 bits per heavy atom. The molecule has 0 fully saturated rings. The van der Waals surface area contributed by atoms with Gasteiger partial charge in [-0.15, -0.1) is 0 Å². The summed E-state index contributed by atoms with van der Waals surface area (Å²) in [6.45, 7) is 4.47. The molecule has 160 valence electrons. The third kappa shape index (κ3) is 5.25. The Balaban J connectivity index is 1.92. The van der Waals surface area contributed by atoms with E-state index in [0.717, 1.165) is 0 Å². The van der Waals surface area contributed by atoms with Gasteiger partial charge in [-0.3, -0.25) is 14.4 Å². The predicted molar refractivity (Wildman–Crippen MR) is 107 cm³/mol. The number of rotatable bonds is 9. The van der Waals surface area contributed by atoms with E-state index < -0.39 is 36.8 Å². The number of Topliss-reactive ketones (excluding diaryl/α,β-unsaturated/α-hetero) is 1. The fourth-order valence-electron chi connectivity index (χ4n) is 2.89. The van der Waals surface area contributed by atoms with Crippen LogP contribution in [0.15, 0.2) is 24.3 Å². The first kappa shape index (κ1) is 22.7. The van der Waals surface area contributed by atoms with Gasteiger partial charge >= 0.3 is 11.9 Å². The smallest absolute Gasteiger partial charge is 0.339 e. The van der Waals surface area contributed by atoms with Gasteiger partial charge in [-0.05, 0) is 38.5 Å². The summed E-state index contributed by atoms with van der Waals surface area (Å²) in [5.41, 5.74) is 1.62. The summed E-state index contributed by atoms with van der Waals surface area (Å²) in [5.74, 6) is -1.94. The Morgan fingerprint density at radius 2 is 1.80 bits per heavy atom. The van der Waals surface area contributed by atoms with Gasteiger partial charge in [0, 0.05) is 5.69 Å². The minimum atomic E-state index is -0.778. The Labute approximate surface area is 173 Å². The van der Waals surface area contributed by atoms with Gasteiger partial charge in [0.05, 0.1) is 30.5 Å². The van der Waals surface area contributed by atoms with Crippen LogP contribution in [0.4, 0.5) is 0 Å². The van der Waals surface area contributed by atoms with Crippen molar-refractivity contribution in [2.45, 2.75) is 20.8 Å². The van der Waals surface area contributed by atoms with Gasteiger partial charge in [0.1, 0.15) is 12.3 Å². The van der Waals surface area contributed by atoms with Crippen LogP contribution in [0.5, 0.6) is 5.75 Å². The van der Waals surface area contributed by atoms with Crippen LogP contribution in [0.25, 0.3) is 0 Å². The number of ether oxygens (including phenoxy) is 3. The van der Waals surface area contributed by atoms with E-state index in [1.54, 1.807) is 45.0 Å². The van der Waals surface area contributed by atoms with E-state index in [1.165, 1.54) is 7.11 Å². The number of hydrogen-bond donors (Lipinski definition) is 2. The number of methoxy groups -OCH3 is 1. The largest absolute Gasteiger partial charge is 0.493 e. The topological polar surface area (TPSA) is 124 Å². The van der Waals surface area contributed by atoms with Crippen molar-refractivity contribution < 1.29 is 33.4 Å². The SMILES string of the molecule is CCOc1ccccc1C(=O)NCC(=O)OCC(=O)c1[nH]c(C)c(C(=O)OC)c1C. The molecule has 2 N–H and O–H groups in total. The second kappa shape index (κ2) is 10.2. The van der Waals surface area contributed by atoms with Crippen molar-refractivity contribution in [3.8, 4) is 5.75 Å². The summed E-state index contributed by atoms with van der Waals surface area (Å²) in [6.07, 6.45) is 0. The van der Waals surface area contributed by atoms with E-state index in [2.05, 4.69) is 10.3 Å². The van der Waals surface area contributed by atoms with Crippen LogP contribution in [0.2, 0.25) is 0 Å². The van der Waals surface area contributed by atoms with Crippen molar-refractivity contribution in [2.24, 2.45) is 0 Å². The molecule has 2 aromatic rings. The molecule has 0 radical (unpaired) electrons. The number of hydrogen-bond acceptors (Lipinski definition) is 7. The summed E-state index contributed by atoms with van der Waals surface area (Å²) in [6, 6.07) is 6.64. The van der Waals surface area contributed by atoms with Gasteiger partial charge in [-0.25, -0.2) is 4.79 Å². The molecule has 0 bridgehead atoms. The van der Waals surface area contributed by atoms with E-state index in [0.29, 0.717) is 23.6 Å². The lowest BCUT2D eigenvalue weighted by atomic mass is 10.1. The highest BCUT2D eigenvalue weighted by Crippen LogP contribution is 2.19. The van der Waals surface area contributed by atoms with Crippen LogP contribution < -0.4 is 10.1 Å². The van der Waals surface area contributed by atoms with Gasteiger partial charge in [0.15, 0.2) is 6.61 Å². The molecule has 1 amide bonds. The second-order valence-corrected chi connectivity index (χ2v) is 6.31. The predicted octanol–water partition coefficient (Wildman–Crippen LogP) is 1.97. The molecule has 1 aromatic carbocycles. The van der Waals surface area contributed by atoms with Crippen LogP contribution in [0.3, 0.4) is 0 Å². The molecule has 30 heavy (non-hydrogen) atoms. The molecule has 0 saturated carbocycles. The molecular formula is C21H24N2O7. The molecule has 9 nitrogen and oxygen atoms in total. The zero-order valence-electron chi connectivity index (χ0n) is 17.3. The molecule has 0 unspecified atom stereocenters. The lowest BCUT2D eigenvalue weighted by Crippen LogP contribution is -2.31. The quantitative estimate of drug-likeness (QED) is 0.473. The van der Waals surface area contributed by atoms with Gasteiger partial charge < -0.3 is 24.5 Å². The molecule has 2 rings (SSSR count). The number of carbonyl (C=O) groups excluding carboxylic acids is 4. The van der Waals surface area contributed by atoms with E-state index >= 15 is 0 Å². The first-order valence-corrected chi connectivity index (χ1v) is 9.26. The number of carbonyl (C=O) groups is 4. The summed E-state index contributed by atoms with van der Waals surface area (Å²) in [7, 11) is 1.25. The van der Waals surface area contributed by atoms with Gasteiger partial charge in [-0.2, -0.15) is 0 Å². The Bertz CT molecular complexity index is 962. The molecule has 0 aliphatic rings. The highest BCUT2D eigenvalue weighted by atomic mass is 16.5. The molecule has 1 heterocycles. The number of ketones is 1. The number of aryl methyl sites for hydroxylation is 1. The summed E-state index contributed by atoms with van der Waals surface area (Å²) >= 11 is 0. The monoisotopic (exact) mass is 416 g/mol. The summed E-state index contributed by atoms with van der Waals surface area (Å²) in [5, 5.41) is 2.43. The normalized spacial score (nSPS) is 10.3. The van der Waals surface area contributed by atoms with Crippen LogP contribution in [0.1, 0.15) is 49.4 Å². The van der Waals surface area contributed by atoms with Gasteiger partial charge in [-0.1, -0.05) is 12.1 Å². The van der Waals surface area contributed by atoms with E-state index in [9.17, 15) is 19.2 Å². The zero-order chi connectivity index (χ0) is 22.3. The van der Waals surface area contributed by atoms with Crippen LogP contribution in [-0.2, 0) is 14.3 Å². The van der Waals surface area contributed by atoms with E-state index in [1.807, 2.05) is 0 Å². The molecular weight excluding hydrogens is 392 g/mol. The molecule has 0 spiro atoms. The number of amides is 1. The van der Waals surface area contributed by atoms with Gasteiger partial charge in [0.25, 0.3) is 5.91 Å². The van der Waals surface area contributed by atoms with Crippen LogP contribution in [-0.4, -0.2) is 55.5 Å². The Kier molecular flexibility index (Phi) is 7.74. The van der Waals surface area contributed by atoms with Crippen molar-refractivity contribution >= 4 is 23.6 Å². The van der Waals surface area contributed by atoms with E-state index in [-0.39, 0.29) is 16.8 Å². The average molecular weight is 416 g/mol. The minimum absolute atomic E-state index is 0.162. The number of para-hydroxylation sites is 1. The number of benzene rings is 1. The number of nitrogens with one attached hydrogen (secondary N) is 2. The molecule has 9 heteroatoms. The van der Waals surface area contributed by atoms with Crippen molar-refractivity contribution in [2.75, 3.05) is 26.9 Å². The maximum absolute atomic E-state index is 12.4. The number of esters is 2. The number of H-pyrrole nitrogens is 1. The maximum Gasteiger partial charge on any atom is 0.339 e. The molecule has 0 saturated heterocycles. The van der Waals surface area contributed by atoms with Crippen molar-refractivity contribution in [3.05, 3.63) is 52.3 Å². The summed E-state index contributed by atoms with van der Waals surface area (Å²) < 4.78 is 15.0. The maximum atomic E-state index is 12.4. The van der Waals surface area contributed by atoms with Crippen molar-refractivity contribution in [3.63, 3.8) is 0 Å². The van der Waals surface area contributed by atoms with Crippen LogP contribution in [0, 0.1) is 13.8 Å². The molecule has 0 aliphatic carbocycles. The highest BCUT2D eigenvalue weighted by Gasteiger charge is 2.23. The number of aromatic amines is 1. The highest BCUT2D eigenvalue weighted by molar-refractivity contribution is 6.03. The lowest BCUT2D eigenvalue weighted by molar-refractivity contribution is -0.141. The average Bonchev–Trinajstić information content (AvgIpc) is 3.04. The first-order chi connectivity index (χ1) is 14.3. The number of aromatic nitrogens is 1. The Hall–Kier alpha value is -3.62. The summed E-state index contributed by atoms with van der Waals surface area (Å²) in [4.78, 5) is 51.2. The third-order valence-corrected chi connectivity index (χ3v) is 4.29. The lowest BCUT2D eigenvalue weighted by Gasteiger charge is -2.10.